The van der Waals surface area contributed by atoms with Crippen LogP contribution in [-0.2, 0) is 9.53 Å². The van der Waals surface area contributed by atoms with Crippen molar-refractivity contribution in [3.8, 4) is 5.69 Å². The van der Waals surface area contributed by atoms with Crippen molar-refractivity contribution < 1.29 is 24.2 Å². The fourth-order valence-corrected chi connectivity index (χ4v) is 3.25. The van der Waals surface area contributed by atoms with Crippen molar-refractivity contribution in [3.05, 3.63) is 47.3 Å². The van der Waals surface area contributed by atoms with E-state index in [0.29, 0.717) is 12.2 Å². The van der Waals surface area contributed by atoms with Crippen LogP contribution in [0.4, 0.5) is 10.5 Å². The number of carboxylic acids is 1. The molecule has 1 saturated heterocycles. The molecule has 1 fully saturated rings. The highest BCUT2D eigenvalue weighted by Crippen LogP contribution is 2.29. The van der Waals surface area contributed by atoms with Gasteiger partial charge in [-0.05, 0) is 43.2 Å². The third kappa shape index (κ3) is 3.79. The van der Waals surface area contributed by atoms with Gasteiger partial charge >= 0.3 is 12.1 Å². The molecule has 1 aliphatic rings. The average Bonchev–Trinajstić information content (AvgIpc) is 3.19. The number of carbonyl (C=O) groups is 3. The van der Waals surface area contributed by atoms with E-state index in [1.54, 1.807) is 23.0 Å². The number of anilines is 1. The summed E-state index contributed by atoms with van der Waals surface area (Å²) >= 11 is 0. The Kier molecular flexibility index (Phi) is 4.89. The molecule has 1 aromatic heterocycles. The van der Waals surface area contributed by atoms with Crippen LogP contribution in [0, 0.1) is 13.8 Å². The SMILES string of the molecule is CC(=O)NC[C@H]1CN(c2cc(C)c(-n3ccc(C(=O)O)c3)c(C)c2)C(=O)O1. The lowest BCUT2D eigenvalue weighted by Gasteiger charge is -2.18. The highest BCUT2D eigenvalue weighted by atomic mass is 16.6. The number of nitrogens with one attached hydrogen (secondary N) is 1. The van der Waals surface area contributed by atoms with E-state index in [4.69, 9.17) is 9.84 Å². The minimum absolute atomic E-state index is 0.173. The molecule has 0 aliphatic carbocycles. The van der Waals surface area contributed by atoms with Crippen LogP contribution in [0.1, 0.15) is 28.4 Å². The number of carboxylic acid groups (broad SMARTS) is 1. The minimum atomic E-state index is -0.981. The molecule has 2 amide bonds. The van der Waals surface area contributed by atoms with Crippen LogP contribution < -0.4 is 10.2 Å². The fraction of sp³-hybridized carbons (Fsp3) is 0.316. The predicted molar refractivity (Wildman–Crippen MR) is 98.5 cm³/mol. The Labute approximate surface area is 156 Å². The maximum atomic E-state index is 12.2. The van der Waals surface area contributed by atoms with Gasteiger partial charge in [0, 0.05) is 25.0 Å². The van der Waals surface area contributed by atoms with Gasteiger partial charge in [0.1, 0.15) is 6.10 Å². The summed E-state index contributed by atoms with van der Waals surface area (Å²) in [5, 5.41) is 11.8. The molecule has 2 heterocycles. The van der Waals surface area contributed by atoms with Crippen LogP contribution in [0.25, 0.3) is 5.69 Å². The predicted octanol–water partition coefficient (Wildman–Crippen LogP) is 2.25. The number of amides is 2. The highest BCUT2D eigenvalue weighted by molar-refractivity contribution is 5.90. The van der Waals surface area contributed by atoms with E-state index in [-0.39, 0.29) is 18.0 Å². The molecule has 142 valence electrons. The van der Waals surface area contributed by atoms with Crippen LogP contribution in [0.2, 0.25) is 0 Å². The Morgan fingerprint density at radius 1 is 1.30 bits per heavy atom. The first-order valence-corrected chi connectivity index (χ1v) is 8.51. The summed E-state index contributed by atoms with van der Waals surface area (Å²) < 4.78 is 7.07. The molecule has 8 nitrogen and oxygen atoms in total. The van der Waals surface area contributed by atoms with Crippen LogP contribution in [0.3, 0.4) is 0 Å². The number of ether oxygens (including phenoxy) is 1. The van der Waals surface area contributed by atoms with Gasteiger partial charge in [-0.2, -0.15) is 0 Å². The van der Waals surface area contributed by atoms with Crippen LogP contribution in [0.15, 0.2) is 30.6 Å². The van der Waals surface area contributed by atoms with Crippen molar-refractivity contribution in [2.24, 2.45) is 0 Å². The highest BCUT2D eigenvalue weighted by Gasteiger charge is 2.32. The van der Waals surface area contributed by atoms with E-state index in [1.165, 1.54) is 11.8 Å². The molecule has 0 saturated carbocycles. The Morgan fingerprint density at radius 2 is 1.96 bits per heavy atom. The van der Waals surface area contributed by atoms with Gasteiger partial charge in [0.2, 0.25) is 5.91 Å². The number of aromatic carboxylic acids is 1. The summed E-state index contributed by atoms with van der Waals surface area (Å²) in [4.78, 5) is 35.9. The van der Waals surface area contributed by atoms with Gasteiger partial charge in [-0.1, -0.05) is 0 Å². The number of aryl methyl sites for hydroxylation is 2. The quantitative estimate of drug-likeness (QED) is 0.840. The van der Waals surface area contributed by atoms with Gasteiger partial charge in [0.25, 0.3) is 0 Å². The molecule has 1 atom stereocenters. The first kappa shape index (κ1) is 18.5. The largest absolute Gasteiger partial charge is 0.478 e. The van der Waals surface area contributed by atoms with E-state index >= 15 is 0 Å². The van der Waals surface area contributed by atoms with Crippen molar-refractivity contribution >= 4 is 23.7 Å². The lowest BCUT2D eigenvalue weighted by molar-refractivity contribution is -0.119. The summed E-state index contributed by atoms with van der Waals surface area (Å²) in [5.41, 5.74) is 3.58. The second kappa shape index (κ2) is 7.14. The first-order valence-electron chi connectivity index (χ1n) is 8.51. The monoisotopic (exact) mass is 371 g/mol. The van der Waals surface area contributed by atoms with Crippen molar-refractivity contribution in [3.63, 3.8) is 0 Å². The zero-order valence-corrected chi connectivity index (χ0v) is 15.4. The molecule has 1 aliphatic heterocycles. The van der Waals surface area contributed by atoms with Gasteiger partial charge in [-0.25, -0.2) is 9.59 Å². The molecular formula is C19H21N3O5. The van der Waals surface area contributed by atoms with Gasteiger partial charge in [-0.3, -0.25) is 9.69 Å². The fourth-order valence-electron chi connectivity index (χ4n) is 3.25. The molecule has 2 N–H and O–H groups in total. The molecule has 8 heteroatoms. The smallest absolute Gasteiger partial charge is 0.414 e. The molecule has 0 unspecified atom stereocenters. The summed E-state index contributed by atoms with van der Waals surface area (Å²) in [6.07, 6.45) is 2.41. The van der Waals surface area contributed by atoms with Crippen LogP contribution >= 0.6 is 0 Å². The number of aromatic nitrogens is 1. The van der Waals surface area contributed by atoms with E-state index in [0.717, 1.165) is 16.8 Å². The minimum Gasteiger partial charge on any atom is -0.478 e. The summed E-state index contributed by atoms with van der Waals surface area (Å²) in [6, 6.07) is 5.27. The molecule has 0 spiro atoms. The topological polar surface area (TPSA) is 101 Å². The molecule has 0 bridgehead atoms. The molecule has 2 aromatic rings. The third-order valence-electron chi connectivity index (χ3n) is 4.44. The number of carbonyl (C=O) groups excluding carboxylic acids is 2. The van der Waals surface area contributed by atoms with Crippen LogP contribution in [-0.4, -0.2) is 46.8 Å². The Morgan fingerprint density at radius 3 is 2.52 bits per heavy atom. The third-order valence-corrected chi connectivity index (χ3v) is 4.44. The van der Waals surface area contributed by atoms with E-state index in [9.17, 15) is 14.4 Å². The molecule has 3 rings (SSSR count). The van der Waals surface area contributed by atoms with Gasteiger partial charge < -0.3 is 19.7 Å². The standard InChI is InChI=1S/C19H21N3O5/c1-11-6-15(22-10-16(27-19(22)26)8-20-13(3)23)7-12(2)17(11)21-5-4-14(9-21)18(24)25/h4-7,9,16H,8,10H2,1-3H3,(H,20,23)(H,24,25)/t16-/m0/s1. The van der Waals surface area contributed by atoms with Crippen molar-refractivity contribution in [1.82, 2.24) is 9.88 Å². The maximum Gasteiger partial charge on any atom is 0.414 e. The zero-order valence-electron chi connectivity index (χ0n) is 15.4. The lowest BCUT2D eigenvalue weighted by atomic mass is 10.1. The van der Waals surface area contributed by atoms with Gasteiger partial charge in [-0.15, -0.1) is 0 Å². The van der Waals surface area contributed by atoms with Crippen molar-refractivity contribution in [1.29, 1.82) is 0 Å². The molecule has 27 heavy (non-hydrogen) atoms. The Hall–Kier alpha value is -3.29. The van der Waals surface area contributed by atoms with E-state index in [1.807, 2.05) is 26.0 Å². The van der Waals surface area contributed by atoms with Gasteiger partial charge in [0.15, 0.2) is 0 Å². The second-order valence-electron chi connectivity index (χ2n) is 6.59. The van der Waals surface area contributed by atoms with E-state index < -0.39 is 18.2 Å². The van der Waals surface area contributed by atoms with Crippen molar-refractivity contribution in [2.75, 3.05) is 18.0 Å². The Bertz CT molecular complexity index is 895. The molecular weight excluding hydrogens is 350 g/mol. The molecule has 1 aromatic carbocycles. The van der Waals surface area contributed by atoms with Gasteiger partial charge in [0.05, 0.1) is 24.3 Å². The summed E-state index contributed by atoms with van der Waals surface area (Å²) in [5.74, 6) is -1.15. The number of cyclic esters (lactones) is 1. The number of rotatable bonds is 5. The number of nitrogens with zero attached hydrogens (tertiary/aromatic N) is 2. The zero-order chi connectivity index (χ0) is 19.7. The number of hydrogen-bond acceptors (Lipinski definition) is 4. The molecule has 0 radical (unpaired) electrons. The normalized spacial score (nSPS) is 16.3. The average molecular weight is 371 g/mol. The second-order valence-corrected chi connectivity index (χ2v) is 6.59. The maximum absolute atomic E-state index is 12.2. The van der Waals surface area contributed by atoms with Crippen LogP contribution in [0.5, 0.6) is 0 Å². The number of benzene rings is 1. The first-order chi connectivity index (χ1) is 12.8. The summed E-state index contributed by atoms with van der Waals surface area (Å²) in [6.45, 7) is 5.85. The number of hydrogen-bond donors (Lipinski definition) is 2. The Balaban J connectivity index is 1.85. The summed E-state index contributed by atoms with van der Waals surface area (Å²) in [7, 11) is 0. The lowest BCUT2D eigenvalue weighted by Crippen LogP contribution is -2.33. The van der Waals surface area contributed by atoms with Crippen molar-refractivity contribution in [2.45, 2.75) is 26.9 Å². The van der Waals surface area contributed by atoms with E-state index in [2.05, 4.69) is 5.32 Å².